The molecule has 2 aliphatic rings. The minimum atomic E-state index is -1.43. The summed E-state index contributed by atoms with van der Waals surface area (Å²) in [5.41, 5.74) is -2.77. The van der Waals surface area contributed by atoms with E-state index >= 15 is 0 Å². The van der Waals surface area contributed by atoms with Crippen LogP contribution in [0.25, 0.3) is 0 Å². The van der Waals surface area contributed by atoms with E-state index in [1.165, 1.54) is 13.2 Å². The van der Waals surface area contributed by atoms with E-state index in [1.807, 2.05) is 0 Å². The van der Waals surface area contributed by atoms with Crippen LogP contribution in [0.3, 0.4) is 0 Å². The van der Waals surface area contributed by atoms with Crippen LogP contribution in [-0.2, 0) is 4.74 Å². The lowest BCUT2D eigenvalue weighted by Gasteiger charge is -2.44. The van der Waals surface area contributed by atoms with Gasteiger partial charge in [0.05, 0.1) is 33.0 Å². The molecule has 0 radical (unpaired) electrons. The lowest BCUT2D eigenvalue weighted by Crippen LogP contribution is -2.66. The van der Waals surface area contributed by atoms with Crippen molar-refractivity contribution in [3.63, 3.8) is 0 Å². The van der Waals surface area contributed by atoms with E-state index in [1.54, 1.807) is 4.90 Å². The Bertz CT molecular complexity index is 471. The number of methoxy groups -OCH3 is 1. The van der Waals surface area contributed by atoms with Crippen molar-refractivity contribution >= 4 is 15.9 Å². The molecular formula is C11H16BrN3O5. The fourth-order valence-electron chi connectivity index (χ4n) is 3.20. The molecule has 2 atom stereocenters. The first kappa shape index (κ1) is 15.2. The predicted octanol–water partition coefficient (Wildman–Crippen LogP) is 1.05. The van der Waals surface area contributed by atoms with E-state index in [0.717, 1.165) is 0 Å². The number of halogens is 1. The molecule has 0 aromatic carbocycles. The lowest BCUT2D eigenvalue weighted by atomic mass is 9.71. The van der Waals surface area contributed by atoms with E-state index < -0.39 is 16.0 Å². The van der Waals surface area contributed by atoms with E-state index in [-0.39, 0.29) is 30.9 Å². The first-order chi connectivity index (χ1) is 9.37. The van der Waals surface area contributed by atoms with Gasteiger partial charge in [-0.1, -0.05) is 15.9 Å². The van der Waals surface area contributed by atoms with Crippen LogP contribution < -0.4 is 0 Å². The average Bonchev–Trinajstić information content (AvgIpc) is 2.37. The zero-order valence-electron chi connectivity index (χ0n) is 11.1. The molecule has 0 amide bonds. The Morgan fingerprint density at radius 1 is 1.40 bits per heavy atom. The molecule has 2 bridgehead atoms. The van der Waals surface area contributed by atoms with Crippen molar-refractivity contribution < 1.29 is 14.6 Å². The molecule has 0 spiro atoms. The third-order valence-corrected chi connectivity index (χ3v) is 4.35. The lowest BCUT2D eigenvalue weighted by molar-refractivity contribution is -0.620. The van der Waals surface area contributed by atoms with Crippen molar-refractivity contribution in [2.24, 2.45) is 0 Å². The van der Waals surface area contributed by atoms with Crippen molar-refractivity contribution in [1.29, 1.82) is 0 Å². The summed E-state index contributed by atoms with van der Waals surface area (Å²) in [4.78, 5) is 24.0. The molecule has 8 nitrogen and oxygen atoms in total. The van der Waals surface area contributed by atoms with Gasteiger partial charge in [-0.15, -0.1) is 0 Å². The minimum Gasteiger partial charge on any atom is -0.501 e. The number of nitro groups is 2. The van der Waals surface area contributed by atoms with Crippen LogP contribution in [0, 0.1) is 20.2 Å². The molecule has 0 aromatic heterocycles. The molecule has 2 rings (SSSR count). The highest BCUT2D eigenvalue weighted by Gasteiger charge is 2.64. The van der Waals surface area contributed by atoms with Gasteiger partial charge < -0.3 is 4.74 Å². The summed E-state index contributed by atoms with van der Waals surface area (Å²) in [6.45, 7) is 0.928. The maximum absolute atomic E-state index is 11.5. The Labute approximate surface area is 124 Å². The van der Waals surface area contributed by atoms with Crippen LogP contribution in [0.15, 0.2) is 11.8 Å². The normalized spacial score (nSPS) is 33.4. The highest BCUT2D eigenvalue weighted by atomic mass is 79.9. The molecule has 1 heterocycles. The van der Waals surface area contributed by atoms with Crippen molar-refractivity contribution in [3.05, 3.63) is 32.1 Å². The van der Waals surface area contributed by atoms with Crippen molar-refractivity contribution in [1.82, 2.24) is 4.90 Å². The van der Waals surface area contributed by atoms with Gasteiger partial charge in [-0.2, -0.15) is 0 Å². The topological polar surface area (TPSA) is 98.8 Å². The number of rotatable bonds is 5. The molecule has 0 saturated carbocycles. The predicted molar refractivity (Wildman–Crippen MR) is 74.0 cm³/mol. The number of nitrogens with zero attached hydrogens (tertiary/aromatic N) is 3. The number of ether oxygens (including phenoxy) is 1. The Balaban J connectivity index is 2.47. The fraction of sp³-hybridized carbons (Fsp3) is 0.818. The van der Waals surface area contributed by atoms with E-state index in [2.05, 4.69) is 15.9 Å². The van der Waals surface area contributed by atoms with Gasteiger partial charge in [0.2, 0.25) is 5.54 Å². The second-order valence-corrected chi connectivity index (χ2v) is 6.20. The molecule has 1 aliphatic heterocycles. The Morgan fingerprint density at radius 3 is 2.60 bits per heavy atom. The summed E-state index contributed by atoms with van der Waals surface area (Å²) in [7, 11) is 1.39. The number of hydrogen-bond donors (Lipinski definition) is 0. The second kappa shape index (κ2) is 5.28. The first-order valence-corrected chi connectivity index (χ1v) is 7.33. The van der Waals surface area contributed by atoms with Crippen molar-refractivity contribution in [2.75, 3.05) is 32.1 Å². The quantitative estimate of drug-likeness (QED) is 0.418. The number of likely N-dealkylation sites (tertiary alicyclic amines) is 1. The average molecular weight is 350 g/mol. The molecule has 0 N–H and O–H groups in total. The standard InChI is InChI=1S/C11H16BrN3O5/c1-20-9-4-10(14(16)17)6-11(5-9,15(18)19)8-13(7-10)3-2-12/h4H,2-3,5-8H2,1H3/t10-,11+/m1/s1. The van der Waals surface area contributed by atoms with Gasteiger partial charge in [0.15, 0.2) is 0 Å². The van der Waals surface area contributed by atoms with Gasteiger partial charge in [0, 0.05) is 27.8 Å². The first-order valence-electron chi connectivity index (χ1n) is 6.20. The molecule has 20 heavy (non-hydrogen) atoms. The van der Waals surface area contributed by atoms with E-state index in [4.69, 9.17) is 4.74 Å². The number of hydrogen-bond acceptors (Lipinski definition) is 6. The number of piperidine rings is 1. The van der Waals surface area contributed by atoms with Gasteiger partial charge in [0.25, 0.3) is 5.54 Å². The smallest absolute Gasteiger partial charge is 0.263 e. The molecule has 0 aromatic rings. The van der Waals surface area contributed by atoms with Crippen LogP contribution in [0.1, 0.15) is 12.8 Å². The van der Waals surface area contributed by atoms with E-state index in [0.29, 0.717) is 17.6 Å². The molecule has 9 heteroatoms. The van der Waals surface area contributed by atoms with Crippen molar-refractivity contribution in [2.45, 2.75) is 23.9 Å². The van der Waals surface area contributed by atoms with Gasteiger partial charge in [-0.05, 0) is 0 Å². The van der Waals surface area contributed by atoms with Crippen LogP contribution in [0.2, 0.25) is 0 Å². The maximum atomic E-state index is 11.5. The van der Waals surface area contributed by atoms with Gasteiger partial charge in [-0.3, -0.25) is 25.1 Å². The molecular weight excluding hydrogens is 334 g/mol. The molecule has 112 valence electrons. The monoisotopic (exact) mass is 349 g/mol. The zero-order valence-corrected chi connectivity index (χ0v) is 12.7. The zero-order chi connectivity index (χ0) is 15.0. The van der Waals surface area contributed by atoms with Gasteiger partial charge in [-0.25, -0.2) is 0 Å². The highest BCUT2D eigenvalue weighted by Crippen LogP contribution is 2.43. The third kappa shape index (κ3) is 2.39. The van der Waals surface area contributed by atoms with Crippen LogP contribution in [0.5, 0.6) is 0 Å². The van der Waals surface area contributed by atoms with Crippen LogP contribution >= 0.6 is 15.9 Å². The molecule has 1 aliphatic carbocycles. The summed E-state index contributed by atoms with van der Waals surface area (Å²) in [6, 6.07) is 0. The number of alkyl halides is 1. The van der Waals surface area contributed by atoms with Gasteiger partial charge in [0.1, 0.15) is 5.76 Å². The molecule has 0 unspecified atom stereocenters. The molecule has 1 fully saturated rings. The molecule has 1 saturated heterocycles. The summed E-state index contributed by atoms with van der Waals surface area (Å²) in [5, 5.41) is 23.7. The summed E-state index contributed by atoms with van der Waals surface area (Å²) >= 11 is 3.28. The summed E-state index contributed by atoms with van der Waals surface area (Å²) in [6.07, 6.45) is 1.48. The highest BCUT2D eigenvalue weighted by molar-refractivity contribution is 9.09. The summed E-state index contributed by atoms with van der Waals surface area (Å²) in [5.74, 6) is 0.336. The Hall–Kier alpha value is -1.22. The van der Waals surface area contributed by atoms with Crippen molar-refractivity contribution in [3.8, 4) is 0 Å². The van der Waals surface area contributed by atoms with Crippen LogP contribution in [-0.4, -0.2) is 57.9 Å². The summed E-state index contributed by atoms with van der Waals surface area (Å²) < 4.78 is 5.10. The Kier molecular flexibility index (Phi) is 4.01. The largest absolute Gasteiger partial charge is 0.501 e. The Morgan fingerprint density at radius 2 is 2.10 bits per heavy atom. The SMILES string of the molecule is COC1=C[C@]2([N+](=O)[O-])CN(CCBr)C[C@]([N+](=O)[O-])(C1)C2. The van der Waals surface area contributed by atoms with Gasteiger partial charge >= 0.3 is 0 Å². The number of fused-ring (bicyclic) bond motifs is 2. The van der Waals surface area contributed by atoms with Crippen LogP contribution in [0.4, 0.5) is 0 Å². The second-order valence-electron chi connectivity index (χ2n) is 5.41. The fourth-order valence-corrected chi connectivity index (χ4v) is 3.70. The third-order valence-electron chi connectivity index (χ3n) is 4.00. The maximum Gasteiger partial charge on any atom is 0.263 e. The minimum absolute atomic E-state index is 0.0777. The van der Waals surface area contributed by atoms with E-state index in [9.17, 15) is 20.2 Å².